The highest BCUT2D eigenvalue weighted by molar-refractivity contribution is 6.34. The normalized spacial score (nSPS) is 13.9. The lowest BCUT2D eigenvalue weighted by molar-refractivity contribution is -0.110. The van der Waals surface area contributed by atoms with Gasteiger partial charge in [-0.2, -0.15) is 0 Å². The summed E-state index contributed by atoms with van der Waals surface area (Å²) in [6.45, 7) is 2.58. The van der Waals surface area contributed by atoms with Crippen LogP contribution in [0.4, 0.5) is 5.69 Å². The highest BCUT2D eigenvalue weighted by Crippen LogP contribution is 2.36. The third-order valence-corrected chi connectivity index (χ3v) is 4.70. The van der Waals surface area contributed by atoms with Gasteiger partial charge in [0.15, 0.2) is 0 Å². The Bertz CT molecular complexity index is 1070. The summed E-state index contributed by atoms with van der Waals surface area (Å²) in [5, 5.41) is 2.91. The molecule has 0 bridgehead atoms. The van der Waals surface area contributed by atoms with Gasteiger partial charge in [0, 0.05) is 22.4 Å². The summed E-state index contributed by atoms with van der Waals surface area (Å²) in [5.41, 5.74) is 5.30. The number of benzene rings is 3. The first kappa shape index (κ1) is 17.9. The summed E-state index contributed by atoms with van der Waals surface area (Å²) in [6.07, 6.45) is 1.91. The van der Waals surface area contributed by atoms with E-state index in [1.807, 2.05) is 79.7 Å². The van der Waals surface area contributed by atoms with Crippen molar-refractivity contribution in [1.82, 2.24) is 0 Å². The Labute approximate surface area is 164 Å². The number of carbonyl (C=O) groups is 1. The van der Waals surface area contributed by atoms with Crippen LogP contribution in [-0.4, -0.2) is 19.6 Å². The molecular weight excluding hydrogens is 350 g/mol. The van der Waals surface area contributed by atoms with E-state index in [-0.39, 0.29) is 5.91 Å². The molecule has 28 heavy (non-hydrogen) atoms. The predicted molar refractivity (Wildman–Crippen MR) is 113 cm³/mol. The van der Waals surface area contributed by atoms with Gasteiger partial charge in [0.25, 0.3) is 5.91 Å². The molecule has 3 aromatic rings. The van der Waals surface area contributed by atoms with Crippen LogP contribution in [0.3, 0.4) is 0 Å². The summed E-state index contributed by atoms with van der Waals surface area (Å²) in [6, 6.07) is 21.5. The van der Waals surface area contributed by atoms with Crippen molar-refractivity contribution in [1.29, 1.82) is 0 Å². The molecule has 1 N–H and O–H groups in total. The molecule has 4 nitrogen and oxygen atoms in total. The summed E-state index contributed by atoms with van der Waals surface area (Å²) in [7, 11) is 1.66. The highest BCUT2D eigenvalue weighted by atomic mass is 16.5. The zero-order chi connectivity index (χ0) is 19.5. The number of amides is 1. The van der Waals surface area contributed by atoms with Crippen LogP contribution >= 0.6 is 0 Å². The van der Waals surface area contributed by atoms with Gasteiger partial charge in [0.2, 0.25) is 0 Å². The third kappa shape index (κ3) is 3.37. The molecule has 4 heteroatoms. The number of nitrogens with one attached hydrogen (secondary N) is 1. The summed E-state index contributed by atoms with van der Waals surface area (Å²) in [4.78, 5) is 12.4. The Hall–Kier alpha value is -3.53. The number of methoxy groups -OCH3 is 1. The number of ether oxygens (including phenoxy) is 2. The molecule has 0 spiro atoms. The van der Waals surface area contributed by atoms with E-state index in [1.165, 1.54) is 0 Å². The smallest absolute Gasteiger partial charge is 0.256 e. The standard InChI is InChI=1S/C24H21NO3/c1-3-28-18-8-6-7-17(15-18)20-13-16(11-12-23(20)27-2)14-21-19-9-4-5-10-22(19)25-24(21)26/h4-15H,3H2,1-2H3,(H,25,26)/b21-14+. The molecule has 0 atom stereocenters. The minimum atomic E-state index is -0.0862. The zero-order valence-electron chi connectivity index (χ0n) is 15.9. The molecule has 1 amide bonds. The molecule has 0 unspecified atom stereocenters. The topological polar surface area (TPSA) is 47.6 Å². The Balaban J connectivity index is 1.78. The van der Waals surface area contributed by atoms with Crippen LogP contribution in [0.1, 0.15) is 18.1 Å². The first-order valence-corrected chi connectivity index (χ1v) is 9.23. The second kappa shape index (κ2) is 7.61. The van der Waals surface area contributed by atoms with Crippen molar-refractivity contribution in [2.24, 2.45) is 0 Å². The third-order valence-electron chi connectivity index (χ3n) is 4.70. The number of hydrogen-bond acceptors (Lipinski definition) is 3. The SMILES string of the molecule is CCOc1cccc(-c2cc(/C=C3/C(=O)Nc4ccccc43)ccc2OC)c1. The average molecular weight is 371 g/mol. The van der Waals surface area contributed by atoms with Gasteiger partial charge >= 0.3 is 0 Å². The maximum atomic E-state index is 12.4. The van der Waals surface area contributed by atoms with E-state index in [0.29, 0.717) is 12.2 Å². The van der Waals surface area contributed by atoms with Crippen molar-refractivity contribution in [3.63, 3.8) is 0 Å². The van der Waals surface area contributed by atoms with Crippen LogP contribution in [-0.2, 0) is 4.79 Å². The Morgan fingerprint density at radius 1 is 0.964 bits per heavy atom. The molecule has 0 aromatic heterocycles. The lowest BCUT2D eigenvalue weighted by atomic mass is 9.99. The van der Waals surface area contributed by atoms with Gasteiger partial charge in [0.1, 0.15) is 11.5 Å². The van der Waals surface area contributed by atoms with E-state index in [2.05, 4.69) is 5.32 Å². The fourth-order valence-corrected chi connectivity index (χ4v) is 3.41. The largest absolute Gasteiger partial charge is 0.496 e. The molecule has 0 radical (unpaired) electrons. The maximum Gasteiger partial charge on any atom is 0.256 e. The zero-order valence-corrected chi connectivity index (χ0v) is 15.9. The second-order valence-corrected chi connectivity index (χ2v) is 6.48. The molecule has 4 rings (SSSR count). The fraction of sp³-hybridized carbons (Fsp3) is 0.125. The first-order valence-electron chi connectivity index (χ1n) is 9.23. The molecule has 0 saturated heterocycles. The van der Waals surface area contributed by atoms with Gasteiger partial charge in [-0.25, -0.2) is 0 Å². The summed E-state index contributed by atoms with van der Waals surface area (Å²) >= 11 is 0. The monoisotopic (exact) mass is 371 g/mol. The van der Waals surface area contributed by atoms with Crippen LogP contribution in [0, 0.1) is 0 Å². The van der Waals surface area contributed by atoms with Crippen molar-refractivity contribution < 1.29 is 14.3 Å². The maximum absolute atomic E-state index is 12.4. The lowest BCUT2D eigenvalue weighted by Gasteiger charge is -2.12. The van der Waals surface area contributed by atoms with Crippen molar-refractivity contribution in [3.05, 3.63) is 77.9 Å². The van der Waals surface area contributed by atoms with E-state index >= 15 is 0 Å². The number of anilines is 1. The molecule has 0 aliphatic carbocycles. The van der Waals surface area contributed by atoms with Gasteiger partial charge in [-0.15, -0.1) is 0 Å². The minimum Gasteiger partial charge on any atom is -0.496 e. The van der Waals surface area contributed by atoms with Crippen LogP contribution in [0.15, 0.2) is 66.7 Å². The number of para-hydroxylation sites is 1. The van der Waals surface area contributed by atoms with Crippen LogP contribution in [0.2, 0.25) is 0 Å². The van der Waals surface area contributed by atoms with Crippen molar-refractivity contribution in [3.8, 4) is 22.6 Å². The molecule has 140 valence electrons. The fourth-order valence-electron chi connectivity index (χ4n) is 3.41. The molecule has 0 saturated carbocycles. The second-order valence-electron chi connectivity index (χ2n) is 6.48. The molecule has 1 aliphatic heterocycles. The van der Waals surface area contributed by atoms with E-state index in [0.717, 1.165) is 39.4 Å². The van der Waals surface area contributed by atoms with Gasteiger partial charge in [-0.3, -0.25) is 4.79 Å². The summed E-state index contributed by atoms with van der Waals surface area (Å²) in [5.74, 6) is 1.50. The predicted octanol–water partition coefficient (Wildman–Crippen LogP) is 5.25. The minimum absolute atomic E-state index is 0.0862. The van der Waals surface area contributed by atoms with Crippen molar-refractivity contribution in [2.75, 3.05) is 19.0 Å². The number of hydrogen-bond donors (Lipinski definition) is 1. The van der Waals surface area contributed by atoms with Gasteiger partial charge in [-0.1, -0.05) is 36.4 Å². The van der Waals surface area contributed by atoms with Crippen LogP contribution in [0.5, 0.6) is 11.5 Å². The van der Waals surface area contributed by atoms with Crippen molar-refractivity contribution in [2.45, 2.75) is 6.92 Å². The first-order chi connectivity index (χ1) is 13.7. The number of carbonyl (C=O) groups excluding carboxylic acids is 1. The van der Waals surface area contributed by atoms with E-state index in [9.17, 15) is 4.79 Å². The number of fused-ring (bicyclic) bond motifs is 1. The van der Waals surface area contributed by atoms with Crippen LogP contribution < -0.4 is 14.8 Å². The average Bonchev–Trinajstić information content (AvgIpc) is 3.04. The van der Waals surface area contributed by atoms with E-state index in [4.69, 9.17) is 9.47 Å². The molecule has 3 aromatic carbocycles. The Morgan fingerprint density at radius 3 is 2.64 bits per heavy atom. The van der Waals surface area contributed by atoms with Gasteiger partial charge in [-0.05, 0) is 54.5 Å². The van der Waals surface area contributed by atoms with E-state index in [1.54, 1.807) is 7.11 Å². The summed E-state index contributed by atoms with van der Waals surface area (Å²) < 4.78 is 11.2. The quantitative estimate of drug-likeness (QED) is 0.623. The van der Waals surface area contributed by atoms with Gasteiger partial charge < -0.3 is 14.8 Å². The van der Waals surface area contributed by atoms with E-state index < -0.39 is 0 Å². The molecule has 1 aliphatic rings. The highest BCUT2D eigenvalue weighted by Gasteiger charge is 2.23. The number of rotatable bonds is 5. The molecular formula is C24H21NO3. The van der Waals surface area contributed by atoms with Crippen LogP contribution in [0.25, 0.3) is 22.8 Å². The Morgan fingerprint density at radius 2 is 1.82 bits per heavy atom. The lowest BCUT2D eigenvalue weighted by Crippen LogP contribution is -2.03. The molecule has 0 fully saturated rings. The Kier molecular flexibility index (Phi) is 4.85. The van der Waals surface area contributed by atoms with Gasteiger partial charge in [0.05, 0.1) is 13.7 Å². The molecule has 1 heterocycles. The van der Waals surface area contributed by atoms with Crippen molar-refractivity contribution >= 4 is 23.2 Å².